The van der Waals surface area contributed by atoms with Crippen molar-refractivity contribution in [3.8, 4) is 11.5 Å². The summed E-state index contributed by atoms with van der Waals surface area (Å²) in [5.74, 6) is -0.386. The number of pyridine rings is 1. The molecule has 0 spiro atoms. The Balaban J connectivity index is 3.23. The highest BCUT2D eigenvalue weighted by Crippen LogP contribution is 2.31. The third-order valence-corrected chi connectivity index (χ3v) is 1.69. The third kappa shape index (κ3) is 1.90. The molecule has 1 heterocycles. The van der Waals surface area contributed by atoms with Crippen LogP contribution in [0.25, 0.3) is 0 Å². The SMILES string of the molecule is COc1cc(O)c(C(F)F)nc1CN. The van der Waals surface area contributed by atoms with Gasteiger partial charge in [0.05, 0.1) is 12.8 Å². The minimum absolute atomic E-state index is 0.0246. The van der Waals surface area contributed by atoms with E-state index in [1.807, 2.05) is 0 Å². The quantitative estimate of drug-likeness (QED) is 0.776. The minimum Gasteiger partial charge on any atom is -0.506 e. The molecule has 78 valence electrons. The van der Waals surface area contributed by atoms with E-state index in [-0.39, 0.29) is 18.0 Å². The van der Waals surface area contributed by atoms with Gasteiger partial charge in [0.1, 0.15) is 17.2 Å². The van der Waals surface area contributed by atoms with Crippen LogP contribution in [-0.4, -0.2) is 17.2 Å². The van der Waals surface area contributed by atoms with Crippen LogP contribution in [0.5, 0.6) is 11.5 Å². The van der Waals surface area contributed by atoms with Crippen molar-refractivity contribution in [2.75, 3.05) is 7.11 Å². The fourth-order valence-corrected chi connectivity index (χ4v) is 1.02. The van der Waals surface area contributed by atoms with E-state index in [1.54, 1.807) is 0 Å². The summed E-state index contributed by atoms with van der Waals surface area (Å²) >= 11 is 0. The number of aromatic hydroxyl groups is 1. The Hall–Kier alpha value is -1.43. The summed E-state index contributed by atoms with van der Waals surface area (Å²) in [6, 6.07) is 1.08. The summed E-state index contributed by atoms with van der Waals surface area (Å²) in [5.41, 5.74) is 4.80. The molecule has 0 saturated heterocycles. The fourth-order valence-electron chi connectivity index (χ4n) is 1.02. The van der Waals surface area contributed by atoms with Crippen molar-refractivity contribution < 1.29 is 18.6 Å². The lowest BCUT2D eigenvalue weighted by Gasteiger charge is -2.09. The lowest BCUT2D eigenvalue weighted by molar-refractivity contribution is 0.141. The molecule has 0 unspecified atom stereocenters. The van der Waals surface area contributed by atoms with Crippen LogP contribution in [0.1, 0.15) is 17.8 Å². The summed E-state index contributed by atoms with van der Waals surface area (Å²) in [7, 11) is 1.34. The number of alkyl halides is 2. The summed E-state index contributed by atoms with van der Waals surface area (Å²) in [6.45, 7) is -0.0246. The Morgan fingerprint density at radius 3 is 2.71 bits per heavy atom. The highest BCUT2D eigenvalue weighted by Gasteiger charge is 2.18. The smallest absolute Gasteiger partial charge is 0.284 e. The third-order valence-electron chi connectivity index (χ3n) is 1.69. The Labute approximate surface area is 79.3 Å². The molecule has 1 aromatic rings. The van der Waals surface area contributed by atoms with Crippen LogP contribution in [0.15, 0.2) is 6.07 Å². The lowest BCUT2D eigenvalue weighted by atomic mass is 10.2. The van der Waals surface area contributed by atoms with Crippen molar-refractivity contribution in [3.63, 3.8) is 0 Å². The second kappa shape index (κ2) is 4.19. The normalized spacial score (nSPS) is 10.6. The van der Waals surface area contributed by atoms with Crippen molar-refractivity contribution in [3.05, 3.63) is 17.5 Å². The second-order valence-electron chi connectivity index (χ2n) is 2.55. The van der Waals surface area contributed by atoms with Gasteiger partial charge in [-0.05, 0) is 0 Å². The predicted octanol–water partition coefficient (Wildman–Crippen LogP) is 1.19. The molecule has 0 amide bonds. The highest BCUT2D eigenvalue weighted by atomic mass is 19.3. The number of hydrogen-bond acceptors (Lipinski definition) is 4. The summed E-state index contributed by atoms with van der Waals surface area (Å²) < 4.78 is 29.4. The van der Waals surface area contributed by atoms with Gasteiger partial charge in [-0.15, -0.1) is 0 Å². The maximum atomic E-state index is 12.3. The molecule has 6 heteroatoms. The Morgan fingerprint density at radius 2 is 2.29 bits per heavy atom. The van der Waals surface area contributed by atoms with Crippen molar-refractivity contribution >= 4 is 0 Å². The van der Waals surface area contributed by atoms with Gasteiger partial charge in [-0.1, -0.05) is 0 Å². The van der Waals surface area contributed by atoms with Crippen LogP contribution < -0.4 is 10.5 Å². The van der Waals surface area contributed by atoms with Crippen LogP contribution in [0.2, 0.25) is 0 Å². The van der Waals surface area contributed by atoms with Gasteiger partial charge < -0.3 is 15.6 Å². The largest absolute Gasteiger partial charge is 0.506 e. The van der Waals surface area contributed by atoms with E-state index in [4.69, 9.17) is 15.6 Å². The summed E-state index contributed by atoms with van der Waals surface area (Å²) in [5, 5.41) is 9.15. The zero-order valence-corrected chi connectivity index (χ0v) is 7.50. The first-order valence-electron chi connectivity index (χ1n) is 3.85. The van der Waals surface area contributed by atoms with Crippen LogP contribution in [-0.2, 0) is 6.54 Å². The van der Waals surface area contributed by atoms with Crippen LogP contribution in [0.3, 0.4) is 0 Å². The molecule has 1 rings (SSSR count). The lowest BCUT2D eigenvalue weighted by Crippen LogP contribution is -2.05. The summed E-state index contributed by atoms with van der Waals surface area (Å²) in [6.07, 6.45) is -2.83. The average Bonchev–Trinajstić information content (AvgIpc) is 2.16. The molecule has 0 radical (unpaired) electrons. The monoisotopic (exact) mass is 204 g/mol. The number of nitrogens with two attached hydrogens (primary N) is 1. The van der Waals surface area contributed by atoms with E-state index in [0.717, 1.165) is 6.07 Å². The van der Waals surface area contributed by atoms with E-state index in [9.17, 15) is 8.78 Å². The van der Waals surface area contributed by atoms with Gasteiger partial charge in [0.15, 0.2) is 0 Å². The van der Waals surface area contributed by atoms with E-state index in [1.165, 1.54) is 7.11 Å². The average molecular weight is 204 g/mol. The Morgan fingerprint density at radius 1 is 1.64 bits per heavy atom. The van der Waals surface area contributed by atoms with Crippen LogP contribution in [0, 0.1) is 0 Å². The van der Waals surface area contributed by atoms with Gasteiger partial charge in [-0.3, -0.25) is 0 Å². The molecule has 4 nitrogen and oxygen atoms in total. The number of nitrogens with zero attached hydrogens (tertiary/aromatic N) is 1. The Kier molecular flexibility index (Phi) is 3.19. The van der Waals surface area contributed by atoms with Crippen molar-refractivity contribution in [2.24, 2.45) is 5.73 Å². The van der Waals surface area contributed by atoms with Crippen LogP contribution >= 0.6 is 0 Å². The summed E-state index contributed by atoms with van der Waals surface area (Å²) in [4.78, 5) is 3.51. The van der Waals surface area contributed by atoms with E-state index >= 15 is 0 Å². The molecule has 0 saturated carbocycles. The standard InChI is InChI=1S/C8H10F2N2O2/c1-14-6-2-5(13)7(8(9)10)12-4(6)3-11/h2,8,13H,3,11H2,1H3. The Bertz CT molecular complexity index is 331. The number of halogens is 2. The minimum atomic E-state index is -2.83. The number of methoxy groups -OCH3 is 1. The van der Waals surface area contributed by atoms with Crippen molar-refractivity contribution in [1.29, 1.82) is 0 Å². The van der Waals surface area contributed by atoms with E-state index in [2.05, 4.69) is 4.98 Å². The molecule has 1 aromatic heterocycles. The second-order valence-corrected chi connectivity index (χ2v) is 2.55. The molecule has 0 aliphatic carbocycles. The van der Waals surface area contributed by atoms with Gasteiger partial charge in [-0.25, -0.2) is 13.8 Å². The molecule has 3 N–H and O–H groups in total. The van der Waals surface area contributed by atoms with Crippen LogP contribution in [0.4, 0.5) is 8.78 Å². The molecule has 0 bridgehead atoms. The van der Waals surface area contributed by atoms with Gasteiger partial charge in [0.2, 0.25) is 0 Å². The molecule has 0 aromatic carbocycles. The molecule has 0 fully saturated rings. The maximum absolute atomic E-state index is 12.3. The molecular formula is C8H10F2N2O2. The number of hydrogen-bond donors (Lipinski definition) is 2. The topological polar surface area (TPSA) is 68.4 Å². The number of aromatic nitrogens is 1. The fraction of sp³-hybridized carbons (Fsp3) is 0.375. The first kappa shape index (κ1) is 10.6. The highest BCUT2D eigenvalue weighted by molar-refractivity contribution is 5.39. The number of rotatable bonds is 3. The molecular weight excluding hydrogens is 194 g/mol. The first-order chi connectivity index (χ1) is 6.60. The van der Waals surface area contributed by atoms with Crippen molar-refractivity contribution in [2.45, 2.75) is 13.0 Å². The van der Waals surface area contributed by atoms with E-state index < -0.39 is 17.9 Å². The van der Waals surface area contributed by atoms with Crippen molar-refractivity contribution in [1.82, 2.24) is 4.98 Å². The molecule has 0 aliphatic heterocycles. The zero-order chi connectivity index (χ0) is 10.7. The number of ether oxygens (including phenoxy) is 1. The van der Waals surface area contributed by atoms with E-state index in [0.29, 0.717) is 0 Å². The first-order valence-corrected chi connectivity index (χ1v) is 3.85. The maximum Gasteiger partial charge on any atom is 0.284 e. The zero-order valence-electron chi connectivity index (χ0n) is 7.50. The predicted molar refractivity (Wildman–Crippen MR) is 45.3 cm³/mol. The molecule has 14 heavy (non-hydrogen) atoms. The van der Waals surface area contributed by atoms with Gasteiger partial charge in [0.25, 0.3) is 6.43 Å². The van der Waals surface area contributed by atoms with Gasteiger partial charge >= 0.3 is 0 Å². The van der Waals surface area contributed by atoms with Gasteiger partial charge in [-0.2, -0.15) is 0 Å². The molecule has 0 atom stereocenters. The van der Waals surface area contributed by atoms with Gasteiger partial charge in [0, 0.05) is 12.6 Å². The molecule has 0 aliphatic rings.